The van der Waals surface area contributed by atoms with Gasteiger partial charge in [-0.3, -0.25) is 0 Å². The number of hydrogen-bond acceptors (Lipinski definition) is 2. The second-order valence-electron chi connectivity index (χ2n) is 4.00. The van der Waals surface area contributed by atoms with Gasteiger partial charge in [0.25, 0.3) is 0 Å². The lowest BCUT2D eigenvalue weighted by atomic mass is 9.99. The number of hydrogen-bond donors (Lipinski definition) is 1. The van der Waals surface area contributed by atoms with Crippen molar-refractivity contribution in [1.82, 2.24) is 0 Å². The molecule has 1 unspecified atom stereocenters. The fourth-order valence-electron chi connectivity index (χ4n) is 1.63. The Kier molecular flexibility index (Phi) is 3.14. The van der Waals surface area contributed by atoms with E-state index in [1.54, 1.807) is 11.3 Å². The Bertz CT molecular complexity index is 475. The lowest BCUT2D eigenvalue weighted by Crippen LogP contribution is -2.04. The van der Waals surface area contributed by atoms with E-state index >= 15 is 0 Å². The number of thiophene rings is 1. The Hall–Kier alpha value is -0.380. The van der Waals surface area contributed by atoms with Crippen LogP contribution in [0.3, 0.4) is 0 Å². The molecule has 1 nitrogen and oxygen atoms in total. The molecule has 0 spiro atoms. The van der Waals surface area contributed by atoms with Gasteiger partial charge in [0, 0.05) is 9.17 Å². The van der Waals surface area contributed by atoms with Crippen LogP contribution >= 0.6 is 27.3 Å². The van der Waals surface area contributed by atoms with E-state index in [1.807, 2.05) is 26.0 Å². The van der Waals surface area contributed by atoms with Crippen LogP contribution in [-0.4, -0.2) is 5.11 Å². The summed E-state index contributed by atoms with van der Waals surface area (Å²) in [6.07, 6.45) is -0.368. The maximum absolute atomic E-state index is 10.1. The standard InChI is InChI=1S/C12H13BrOS/c1-7(2)11(14)9-6-15-12-8(9)4-3-5-10(12)13/h3-7,11,14H,1-2H3. The van der Waals surface area contributed by atoms with Gasteiger partial charge in [0.15, 0.2) is 0 Å². The van der Waals surface area contributed by atoms with Crippen molar-refractivity contribution in [3.63, 3.8) is 0 Å². The minimum Gasteiger partial charge on any atom is -0.388 e. The van der Waals surface area contributed by atoms with E-state index in [2.05, 4.69) is 27.4 Å². The van der Waals surface area contributed by atoms with Crippen LogP contribution in [0.4, 0.5) is 0 Å². The van der Waals surface area contributed by atoms with Gasteiger partial charge in [-0.25, -0.2) is 0 Å². The Morgan fingerprint density at radius 1 is 1.33 bits per heavy atom. The number of fused-ring (bicyclic) bond motifs is 1. The minimum absolute atomic E-state index is 0.252. The monoisotopic (exact) mass is 284 g/mol. The average molecular weight is 285 g/mol. The van der Waals surface area contributed by atoms with Crippen molar-refractivity contribution in [2.75, 3.05) is 0 Å². The zero-order chi connectivity index (χ0) is 11.0. The first-order valence-electron chi connectivity index (χ1n) is 4.95. The van der Waals surface area contributed by atoms with Crippen LogP contribution in [-0.2, 0) is 0 Å². The predicted molar refractivity (Wildman–Crippen MR) is 69.3 cm³/mol. The molecule has 3 heteroatoms. The third-order valence-electron chi connectivity index (χ3n) is 2.53. The van der Waals surface area contributed by atoms with Crippen LogP contribution in [0.25, 0.3) is 10.1 Å². The summed E-state index contributed by atoms with van der Waals surface area (Å²) in [5.74, 6) is 0.252. The van der Waals surface area contributed by atoms with Crippen molar-refractivity contribution in [2.45, 2.75) is 20.0 Å². The van der Waals surface area contributed by atoms with Gasteiger partial charge in [-0.15, -0.1) is 11.3 Å². The highest BCUT2D eigenvalue weighted by molar-refractivity contribution is 9.10. The van der Waals surface area contributed by atoms with Gasteiger partial charge in [-0.1, -0.05) is 26.0 Å². The minimum atomic E-state index is -0.368. The van der Waals surface area contributed by atoms with E-state index in [0.29, 0.717) is 0 Å². The van der Waals surface area contributed by atoms with Crippen molar-refractivity contribution >= 4 is 37.4 Å². The molecule has 1 aromatic carbocycles. The third kappa shape index (κ3) is 1.96. The molecule has 15 heavy (non-hydrogen) atoms. The molecule has 80 valence electrons. The summed E-state index contributed by atoms with van der Waals surface area (Å²) < 4.78 is 2.32. The van der Waals surface area contributed by atoms with Crippen molar-refractivity contribution in [2.24, 2.45) is 5.92 Å². The Labute approximate surface area is 102 Å². The van der Waals surface area contributed by atoms with E-state index in [-0.39, 0.29) is 12.0 Å². The smallest absolute Gasteiger partial charge is 0.0826 e. The molecule has 1 heterocycles. The van der Waals surface area contributed by atoms with Gasteiger partial charge in [0.05, 0.1) is 6.10 Å². The third-order valence-corrected chi connectivity index (χ3v) is 4.50. The van der Waals surface area contributed by atoms with Crippen LogP contribution < -0.4 is 0 Å². The van der Waals surface area contributed by atoms with Crippen molar-refractivity contribution in [1.29, 1.82) is 0 Å². The molecule has 1 aromatic heterocycles. The molecule has 0 aliphatic rings. The second-order valence-corrected chi connectivity index (χ2v) is 5.73. The fraction of sp³-hybridized carbons (Fsp3) is 0.333. The maximum atomic E-state index is 10.1. The molecule has 0 radical (unpaired) electrons. The quantitative estimate of drug-likeness (QED) is 0.869. The van der Waals surface area contributed by atoms with Gasteiger partial charge in [0.2, 0.25) is 0 Å². The molecule has 0 aliphatic heterocycles. The number of halogens is 1. The lowest BCUT2D eigenvalue weighted by molar-refractivity contribution is 0.128. The number of benzene rings is 1. The molecule has 2 rings (SSSR count). The molecular formula is C12H13BrOS. The Morgan fingerprint density at radius 3 is 2.73 bits per heavy atom. The van der Waals surface area contributed by atoms with Crippen molar-refractivity contribution in [3.05, 3.63) is 33.6 Å². The summed E-state index contributed by atoms with van der Waals surface area (Å²) in [4.78, 5) is 0. The SMILES string of the molecule is CC(C)C(O)c1csc2c(Br)cccc12. The van der Waals surface area contributed by atoms with E-state index in [9.17, 15) is 5.11 Å². The van der Waals surface area contributed by atoms with Crippen molar-refractivity contribution < 1.29 is 5.11 Å². The lowest BCUT2D eigenvalue weighted by Gasteiger charge is -2.13. The molecule has 2 aromatic rings. The topological polar surface area (TPSA) is 20.2 Å². The molecule has 0 aliphatic carbocycles. The number of aliphatic hydroxyl groups is 1. The van der Waals surface area contributed by atoms with Crippen molar-refractivity contribution in [3.8, 4) is 0 Å². The van der Waals surface area contributed by atoms with E-state index in [1.165, 1.54) is 4.70 Å². The summed E-state index contributed by atoms with van der Waals surface area (Å²) in [5.41, 5.74) is 1.05. The highest BCUT2D eigenvalue weighted by Gasteiger charge is 2.16. The zero-order valence-electron chi connectivity index (χ0n) is 8.70. The van der Waals surface area contributed by atoms with Crippen LogP contribution in [0.1, 0.15) is 25.5 Å². The molecule has 0 saturated heterocycles. The predicted octanol–water partition coefficient (Wildman–Crippen LogP) is 4.35. The summed E-state index contributed by atoms with van der Waals surface area (Å²) in [5, 5.41) is 13.3. The highest BCUT2D eigenvalue weighted by atomic mass is 79.9. The van der Waals surface area contributed by atoms with Crippen LogP contribution in [0.2, 0.25) is 0 Å². The molecule has 0 bridgehead atoms. The first kappa shape index (κ1) is 11.1. The van der Waals surface area contributed by atoms with Gasteiger partial charge in [-0.2, -0.15) is 0 Å². The molecule has 0 fully saturated rings. The van der Waals surface area contributed by atoms with Gasteiger partial charge >= 0.3 is 0 Å². The van der Waals surface area contributed by atoms with E-state index in [0.717, 1.165) is 15.4 Å². The highest BCUT2D eigenvalue weighted by Crippen LogP contribution is 2.36. The average Bonchev–Trinajstić information content (AvgIpc) is 2.61. The van der Waals surface area contributed by atoms with Crippen LogP contribution in [0.5, 0.6) is 0 Å². The van der Waals surface area contributed by atoms with Crippen LogP contribution in [0.15, 0.2) is 28.1 Å². The molecular weight excluding hydrogens is 272 g/mol. The summed E-state index contributed by atoms with van der Waals surface area (Å²) in [6, 6.07) is 6.11. The number of rotatable bonds is 2. The largest absolute Gasteiger partial charge is 0.388 e. The Morgan fingerprint density at radius 2 is 2.07 bits per heavy atom. The summed E-state index contributed by atoms with van der Waals surface area (Å²) >= 11 is 5.20. The summed E-state index contributed by atoms with van der Waals surface area (Å²) in [6.45, 7) is 4.07. The second kappa shape index (κ2) is 4.24. The Balaban J connectivity index is 2.59. The van der Waals surface area contributed by atoms with Gasteiger partial charge in [-0.05, 0) is 44.2 Å². The van der Waals surface area contributed by atoms with Gasteiger partial charge < -0.3 is 5.11 Å². The van der Waals surface area contributed by atoms with E-state index in [4.69, 9.17) is 0 Å². The van der Waals surface area contributed by atoms with Gasteiger partial charge in [0.1, 0.15) is 0 Å². The number of aliphatic hydroxyl groups excluding tert-OH is 1. The molecule has 0 amide bonds. The normalized spacial score (nSPS) is 13.7. The molecule has 1 N–H and O–H groups in total. The first-order valence-corrected chi connectivity index (χ1v) is 6.62. The molecule has 0 saturated carbocycles. The fourth-order valence-corrected chi connectivity index (χ4v) is 3.28. The zero-order valence-corrected chi connectivity index (χ0v) is 11.1. The van der Waals surface area contributed by atoms with E-state index < -0.39 is 0 Å². The molecule has 1 atom stereocenters. The van der Waals surface area contributed by atoms with Crippen LogP contribution in [0, 0.1) is 5.92 Å². The maximum Gasteiger partial charge on any atom is 0.0826 e. The summed E-state index contributed by atoms with van der Waals surface area (Å²) in [7, 11) is 0. The first-order chi connectivity index (χ1) is 7.11.